The maximum atomic E-state index is 10.7. The van der Waals surface area contributed by atoms with E-state index >= 15 is 0 Å². The number of fused-ring (bicyclic) bond motifs is 2. The summed E-state index contributed by atoms with van der Waals surface area (Å²) in [7, 11) is 0. The van der Waals surface area contributed by atoms with Gasteiger partial charge in [-0.25, -0.2) is 4.79 Å². The van der Waals surface area contributed by atoms with Crippen LogP contribution in [0.1, 0.15) is 48.4 Å². The van der Waals surface area contributed by atoms with Crippen molar-refractivity contribution >= 4 is 11.8 Å². The molecule has 0 amide bonds. The summed E-state index contributed by atoms with van der Waals surface area (Å²) in [5, 5.41) is 0. The second-order valence-electron chi connectivity index (χ2n) is 5.62. The smallest absolute Gasteiger partial charge is 0.211 e. The molecule has 1 aromatic carbocycles. The molecule has 2 nitrogen and oxygen atoms in total. The highest BCUT2D eigenvalue weighted by Gasteiger charge is 2.28. The second kappa shape index (κ2) is 4.70. The Kier molecular flexibility index (Phi) is 3.05. The van der Waals surface area contributed by atoms with Crippen LogP contribution in [-0.4, -0.2) is 6.08 Å². The van der Waals surface area contributed by atoms with Crippen LogP contribution in [0.4, 0.5) is 5.69 Å². The molecule has 2 heteroatoms. The zero-order chi connectivity index (χ0) is 12.5. The fourth-order valence-corrected chi connectivity index (χ4v) is 3.70. The summed E-state index contributed by atoms with van der Waals surface area (Å²) in [5.74, 6) is 0.758. The Morgan fingerprint density at radius 3 is 2.94 bits per heavy atom. The third-order valence-corrected chi connectivity index (χ3v) is 4.42. The number of benzene rings is 1. The molecule has 0 aromatic heterocycles. The van der Waals surface area contributed by atoms with E-state index < -0.39 is 0 Å². The second-order valence-corrected chi connectivity index (χ2v) is 5.62. The van der Waals surface area contributed by atoms with E-state index in [-0.39, 0.29) is 0 Å². The Bertz CT molecular complexity index is 526. The molecule has 2 aliphatic rings. The Balaban J connectivity index is 2.06. The van der Waals surface area contributed by atoms with Crippen LogP contribution in [0.3, 0.4) is 0 Å². The van der Waals surface area contributed by atoms with Crippen molar-refractivity contribution in [3.05, 3.63) is 28.3 Å². The molecule has 18 heavy (non-hydrogen) atoms. The maximum Gasteiger partial charge on any atom is 0.240 e. The van der Waals surface area contributed by atoms with Crippen molar-refractivity contribution in [2.24, 2.45) is 10.9 Å². The van der Waals surface area contributed by atoms with Gasteiger partial charge < -0.3 is 0 Å². The van der Waals surface area contributed by atoms with Crippen molar-refractivity contribution in [3.63, 3.8) is 0 Å². The summed E-state index contributed by atoms with van der Waals surface area (Å²) in [6, 6.07) is 2.39. The molecule has 3 rings (SSSR count). The number of aryl methyl sites for hydroxylation is 1. The van der Waals surface area contributed by atoms with Crippen molar-refractivity contribution < 1.29 is 4.79 Å². The first-order chi connectivity index (χ1) is 8.83. The van der Waals surface area contributed by atoms with Crippen LogP contribution in [0, 0.1) is 5.92 Å². The highest BCUT2D eigenvalue weighted by Crippen LogP contribution is 2.42. The van der Waals surface area contributed by atoms with Crippen LogP contribution in [-0.2, 0) is 30.5 Å². The SMILES string of the molecule is CCCC1Cc2cc3c(c(N=C=O)c2C1)CCC3. The fourth-order valence-electron chi connectivity index (χ4n) is 3.70. The molecule has 0 spiro atoms. The average Bonchev–Trinajstić information content (AvgIpc) is 2.95. The average molecular weight is 241 g/mol. The van der Waals surface area contributed by atoms with Crippen LogP contribution in [0.2, 0.25) is 0 Å². The zero-order valence-electron chi connectivity index (χ0n) is 11.0. The minimum Gasteiger partial charge on any atom is -0.211 e. The first kappa shape index (κ1) is 11.7. The Labute approximate surface area is 108 Å². The number of hydrogen-bond donors (Lipinski definition) is 0. The fraction of sp³-hybridized carbons (Fsp3) is 0.562. The van der Waals surface area contributed by atoms with Gasteiger partial charge in [0.05, 0.1) is 5.69 Å². The van der Waals surface area contributed by atoms with Crippen molar-refractivity contribution in [2.75, 3.05) is 0 Å². The van der Waals surface area contributed by atoms with Gasteiger partial charge in [0.15, 0.2) is 0 Å². The lowest BCUT2D eigenvalue weighted by atomic mass is 9.99. The van der Waals surface area contributed by atoms with Gasteiger partial charge in [-0.3, -0.25) is 0 Å². The molecular formula is C16H19NO. The van der Waals surface area contributed by atoms with Crippen LogP contribution >= 0.6 is 0 Å². The van der Waals surface area contributed by atoms with Gasteiger partial charge in [-0.05, 0) is 60.3 Å². The summed E-state index contributed by atoms with van der Waals surface area (Å²) in [4.78, 5) is 14.7. The quantitative estimate of drug-likeness (QED) is 0.586. The molecule has 2 aliphatic carbocycles. The van der Waals surface area contributed by atoms with E-state index in [4.69, 9.17) is 0 Å². The van der Waals surface area contributed by atoms with Gasteiger partial charge in [-0.15, -0.1) is 0 Å². The molecule has 1 atom stereocenters. The predicted octanol–water partition coefficient (Wildman–Crippen LogP) is 3.66. The standard InChI is InChI=1S/C16H19NO/c1-2-4-11-7-13-9-12-5-3-6-14(12)16(17-10-18)15(13)8-11/h9,11H,2-8H2,1H3. The van der Waals surface area contributed by atoms with E-state index in [1.54, 1.807) is 6.08 Å². The molecule has 1 aromatic rings. The number of aliphatic imine (C=N–C) groups is 1. The molecule has 0 heterocycles. The molecule has 0 aliphatic heterocycles. The van der Waals surface area contributed by atoms with Crippen LogP contribution < -0.4 is 0 Å². The van der Waals surface area contributed by atoms with Gasteiger partial charge in [0.25, 0.3) is 0 Å². The summed E-state index contributed by atoms with van der Waals surface area (Å²) in [5.41, 5.74) is 6.53. The number of rotatable bonds is 3. The highest BCUT2D eigenvalue weighted by molar-refractivity contribution is 5.66. The monoisotopic (exact) mass is 241 g/mol. The Morgan fingerprint density at radius 2 is 2.17 bits per heavy atom. The Morgan fingerprint density at radius 1 is 1.28 bits per heavy atom. The van der Waals surface area contributed by atoms with Crippen molar-refractivity contribution in [1.82, 2.24) is 0 Å². The first-order valence-corrected chi connectivity index (χ1v) is 7.07. The summed E-state index contributed by atoms with van der Waals surface area (Å²) < 4.78 is 0. The van der Waals surface area contributed by atoms with Gasteiger partial charge in [-0.2, -0.15) is 4.99 Å². The van der Waals surface area contributed by atoms with Gasteiger partial charge in [0.1, 0.15) is 0 Å². The normalized spacial score (nSPS) is 20.4. The first-order valence-electron chi connectivity index (χ1n) is 7.07. The third kappa shape index (κ3) is 1.81. The maximum absolute atomic E-state index is 10.7. The van der Waals surface area contributed by atoms with Crippen LogP contribution in [0.5, 0.6) is 0 Å². The van der Waals surface area contributed by atoms with Gasteiger partial charge in [0, 0.05) is 0 Å². The van der Waals surface area contributed by atoms with Crippen molar-refractivity contribution in [2.45, 2.75) is 51.9 Å². The van der Waals surface area contributed by atoms with Gasteiger partial charge in [0.2, 0.25) is 6.08 Å². The van der Waals surface area contributed by atoms with Crippen molar-refractivity contribution in [3.8, 4) is 0 Å². The molecule has 94 valence electrons. The minimum absolute atomic E-state index is 0.758. The number of nitrogens with zero attached hydrogens (tertiary/aromatic N) is 1. The molecule has 1 unspecified atom stereocenters. The topological polar surface area (TPSA) is 29.4 Å². The molecule has 0 N–H and O–H groups in total. The molecule has 0 saturated heterocycles. The van der Waals surface area contributed by atoms with Gasteiger partial charge >= 0.3 is 0 Å². The van der Waals surface area contributed by atoms with Gasteiger partial charge in [-0.1, -0.05) is 25.8 Å². The largest absolute Gasteiger partial charge is 0.240 e. The lowest BCUT2D eigenvalue weighted by Gasteiger charge is -2.09. The molecule has 0 saturated carbocycles. The predicted molar refractivity (Wildman–Crippen MR) is 72.1 cm³/mol. The van der Waals surface area contributed by atoms with E-state index in [2.05, 4.69) is 18.0 Å². The van der Waals surface area contributed by atoms with Crippen LogP contribution in [0.15, 0.2) is 11.1 Å². The number of carbonyl (C=O) groups excluding carboxylic acids is 1. The van der Waals surface area contributed by atoms with E-state index in [1.165, 1.54) is 47.9 Å². The lowest BCUT2D eigenvalue weighted by molar-refractivity contribution is 0.507. The third-order valence-electron chi connectivity index (χ3n) is 4.42. The minimum atomic E-state index is 0.758. The summed E-state index contributed by atoms with van der Waals surface area (Å²) >= 11 is 0. The molecule has 0 fully saturated rings. The zero-order valence-corrected chi connectivity index (χ0v) is 11.0. The number of isocyanates is 1. The highest BCUT2D eigenvalue weighted by atomic mass is 16.1. The lowest BCUT2D eigenvalue weighted by Crippen LogP contribution is -1.97. The van der Waals surface area contributed by atoms with E-state index in [9.17, 15) is 4.79 Å². The molecular weight excluding hydrogens is 222 g/mol. The Hall–Kier alpha value is -1.40. The molecule has 0 bridgehead atoms. The molecule has 0 radical (unpaired) electrons. The summed E-state index contributed by atoms with van der Waals surface area (Å²) in [6.07, 6.45) is 10.0. The van der Waals surface area contributed by atoms with Crippen LogP contribution in [0.25, 0.3) is 0 Å². The van der Waals surface area contributed by atoms with E-state index in [0.717, 1.165) is 30.9 Å². The van der Waals surface area contributed by atoms with E-state index in [0.29, 0.717) is 0 Å². The van der Waals surface area contributed by atoms with E-state index in [1.807, 2.05) is 0 Å². The van der Waals surface area contributed by atoms with Crippen molar-refractivity contribution in [1.29, 1.82) is 0 Å². The number of hydrogen-bond acceptors (Lipinski definition) is 2. The summed E-state index contributed by atoms with van der Waals surface area (Å²) in [6.45, 7) is 2.24.